The first-order valence-electron chi connectivity index (χ1n) is 7.83. The van der Waals surface area contributed by atoms with E-state index < -0.39 is 6.10 Å². The first-order valence-corrected chi connectivity index (χ1v) is 7.83. The molecule has 2 aromatic carbocycles. The fourth-order valence-corrected chi connectivity index (χ4v) is 2.41. The number of rotatable bonds is 7. The van der Waals surface area contributed by atoms with Gasteiger partial charge in [0, 0.05) is 12.6 Å². The molecule has 24 heavy (non-hydrogen) atoms. The van der Waals surface area contributed by atoms with Crippen LogP contribution in [0.15, 0.2) is 48.5 Å². The van der Waals surface area contributed by atoms with Crippen LogP contribution in [0.5, 0.6) is 0 Å². The normalized spacial score (nSPS) is 13.3. The van der Waals surface area contributed by atoms with Gasteiger partial charge in [0.2, 0.25) is 0 Å². The molecule has 0 radical (unpaired) electrons. The van der Waals surface area contributed by atoms with Crippen LogP contribution in [0.4, 0.5) is 4.39 Å². The van der Waals surface area contributed by atoms with Crippen LogP contribution < -0.4 is 5.32 Å². The molecule has 128 valence electrons. The summed E-state index contributed by atoms with van der Waals surface area (Å²) in [5.74, 6) is -0.669. The van der Waals surface area contributed by atoms with Crippen molar-refractivity contribution in [3.05, 3.63) is 71.0 Å². The highest BCUT2D eigenvalue weighted by Gasteiger charge is 2.12. The van der Waals surface area contributed by atoms with Gasteiger partial charge in [-0.15, -0.1) is 0 Å². The number of halogens is 1. The first-order chi connectivity index (χ1) is 11.5. The molecule has 0 spiro atoms. The molecule has 0 fully saturated rings. The van der Waals surface area contributed by atoms with Crippen molar-refractivity contribution in [3.63, 3.8) is 0 Å². The van der Waals surface area contributed by atoms with Gasteiger partial charge in [0.25, 0.3) is 0 Å². The van der Waals surface area contributed by atoms with Gasteiger partial charge in [-0.25, -0.2) is 9.18 Å². The second-order valence-corrected chi connectivity index (χ2v) is 5.77. The number of hydrogen-bond acceptors (Lipinski definition) is 4. The van der Waals surface area contributed by atoms with Crippen molar-refractivity contribution in [2.75, 3.05) is 7.11 Å². The van der Waals surface area contributed by atoms with Crippen molar-refractivity contribution in [1.29, 1.82) is 0 Å². The zero-order valence-corrected chi connectivity index (χ0v) is 13.8. The Morgan fingerprint density at radius 3 is 2.38 bits per heavy atom. The summed E-state index contributed by atoms with van der Waals surface area (Å²) in [6.45, 7) is 2.61. The number of benzene rings is 2. The van der Waals surface area contributed by atoms with E-state index >= 15 is 0 Å². The van der Waals surface area contributed by atoms with Crippen LogP contribution >= 0.6 is 0 Å². The average Bonchev–Trinajstić information content (AvgIpc) is 2.60. The third kappa shape index (κ3) is 5.15. The van der Waals surface area contributed by atoms with E-state index in [1.54, 1.807) is 24.3 Å². The van der Waals surface area contributed by atoms with E-state index in [-0.39, 0.29) is 17.8 Å². The van der Waals surface area contributed by atoms with Crippen molar-refractivity contribution in [1.82, 2.24) is 5.32 Å². The number of esters is 1. The highest BCUT2D eigenvalue weighted by molar-refractivity contribution is 5.89. The predicted octanol–water partition coefficient (Wildman–Crippen LogP) is 3.21. The van der Waals surface area contributed by atoms with E-state index in [1.165, 1.54) is 19.2 Å². The van der Waals surface area contributed by atoms with Gasteiger partial charge in [0.05, 0.1) is 18.8 Å². The second-order valence-electron chi connectivity index (χ2n) is 5.77. The molecule has 0 aromatic heterocycles. The number of carbonyl (C=O) groups excluding carboxylic acids is 1. The summed E-state index contributed by atoms with van der Waals surface area (Å²) in [6.07, 6.45) is -0.124. The number of ether oxygens (including phenoxy) is 1. The van der Waals surface area contributed by atoms with Crippen molar-refractivity contribution < 1.29 is 19.0 Å². The molecule has 5 heteroatoms. The fourth-order valence-electron chi connectivity index (χ4n) is 2.41. The molecule has 0 aliphatic heterocycles. The summed E-state index contributed by atoms with van der Waals surface area (Å²) >= 11 is 0. The summed E-state index contributed by atoms with van der Waals surface area (Å²) in [6, 6.07) is 13.1. The average molecular weight is 331 g/mol. The Balaban J connectivity index is 1.83. The molecule has 2 rings (SSSR count). The van der Waals surface area contributed by atoms with E-state index in [9.17, 15) is 14.3 Å². The van der Waals surface area contributed by atoms with Crippen molar-refractivity contribution in [2.45, 2.75) is 32.0 Å². The number of aliphatic hydroxyl groups excluding tert-OH is 1. The second kappa shape index (κ2) is 8.57. The molecule has 0 saturated heterocycles. The van der Waals surface area contributed by atoms with Gasteiger partial charge in [-0.05, 0) is 48.7 Å². The molecular weight excluding hydrogens is 309 g/mol. The summed E-state index contributed by atoms with van der Waals surface area (Å²) in [5, 5.41) is 13.5. The summed E-state index contributed by atoms with van der Waals surface area (Å²) in [7, 11) is 1.35. The highest BCUT2D eigenvalue weighted by atomic mass is 19.1. The SMILES string of the molecule is COC(=O)c1ccc(CNC(C)CC(O)c2ccc(F)cc2)cc1. The number of methoxy groups -OCH3 is 1. The minimum Gasteiger partial charge on any atom is -0.465 e. The lowest BCUT2D eigenvalue weighted by Gasteiger charge is -2.18. The van der Waals surface area contributed by atoms with Crippen LogP contribution in [0.1, 0.15) is 40.9 Å². The molecule has 4 nitrogen and oxygen atoms in total. The first kappa shape index (κ1) is 18.1. The number of carbonyl (C=O) groups is 1. The van der Waals surface area contributed by atoms with Crippen molar-refractivity contribution in [2.24, 2.45) is 0 Å². The number of hydrogen-bond donors (Lipinski definition) is 2. The lowest BCUT2D eigenvalue weighted by atomic mass is 10.0. The number of aliphatic hydroxyl groups is 1. The van der Waals surface area contributed by atoms with Gasteiger partial charge in [0.15, 0.2) is 0 Å². The Morgan fingerprint density at radius 2 is 1.79 bits per heavy atom. The van der Waals surface area contributed by atoms with Crippen LogP contribution in [-0.4, -0.2) is 24.2 Å². The maximum atomic E-state index is 12.9. The van der Waals surface area contributed by atoms with Gasteiger partial charge in [0.1, 0.15) is 5.82 Å². The lowest BCUT2D eigenvalue weighted by Crippen LogP contribution is -2.27. The van der Waals surface area contributed by atoms with E-state index in [0.717, 1.165) is 5.56 Å². The minimum absolute atomic E-state index is 0.0744. The minimum atomic E-state index is -0.644. The van der Waals surface area contributed by atoms with E-state index in [1.807, 2.05) is 19.1 Å². The fraction of sp³-hybridized carbons (Fsp3) is 0.316. The van der Waals surface area contributed by atoms with Gasteiger partial charge in [-0.1, -0.05) is 24.3 Å². The molecular formula is C19H22FNO3. The third-order valence-corrected chi connectivity index (χ3v) is 3.86. The smallest absolute Gasteiger partial charge is 0.337 e. The van der Waals surface area contributed by atoms with Gasteiger partial charge in [-0.2, -0.15) is 0 Å². The van der Waals surface area contributed by atoms with Gasteiger partial charge >= 0.3 is 5.97 Å². The van der Waals surface area contributed by atoms with Gasteiger partial charge < -0.3 is 15.2 Å². The molecule has 2 N–H and O–H groups in total. The lowest BCUT2D eigenvalue weighted by molar-refractivity contribution is 0.0600. The van der Waals surface area contributed by atoms with Crippen LogP contribution in [-0.2, 0) is 11.3 Å². The van der Waals surface area contributed by atoms with Crippen LogP contribution in [0.3, 0.4) is 0 Å². The molecule has 0 amide bonds. The van der Waals surface area contributed by atoms with E-state index in [4.69, 9.17) is 0 Å². The molecule has 0 heterocycles. The predicted molar refractivity (Wildman–Crippen MR) is 90.1 cm³/mol. The molecule has 2 unspecified atom stereocenters. The Kier molecular flexibility index (Phi) is 6.46. The zero-order chi connectivity index (χ0) is 17.5. The van der Waals surface area contributed by atoms with E-state index in [0.29, 0.717) is 24.1 Å². The third-order valence-electron chi connectivity index (χ3n) is 3.86. The summed E-state index contributed by atoms with van der Waals surface area (Å²) in [5.41, 5.74) is 2.25. The Hall–Kier alpha value is -2.24. The molecule has 0 saturated carbocycles. The van der Waals surface area contributed by atoms with Crippen LogP contribution in [0.25, 0.3) is 0 Å². The summed E-state index contributed by atoms with van der Waals surface area (Å²) in [4.78, 5) is 11.4. The van der Waals surface area contributed by atoms with Crippen molar-refractivity contribution in [3.8, 4) is 0 Å². The Morgan fingerprint density at radius 1 is 1.17 bits per heavy atom. The maximum absolute atomic E-state index is 12.9. The molecule has 0 bridgehead atoms. The Labute approximate surface area is 141 Å². The molecule has 0 aliphatic carbocycles. The standard InChI is InChI=1S/C19H22FNO3/c1-13(11-18(22)15-7-9-17(20)10-8-15)21-12-14-3-5-16(6-4-14)19(23)24-2/h3-10,13,18,21-22H,11-12H2,1-2H3. The quantitative estimate of drug-likeness (QED) is 0.765. The zero-order valence-electron chi connectivity index (χ0n) is 13.8. The van der Waals surface area contributed by atoms with Crippen LogP contribution in [0.2, 0.25) is 0 Å². The number of nitrogens with one attached hydrogen (secondary N) is 1. The highest BCUT2D eigenvalue weighted by Crippen LogP contribution is 2.18. The van der Waals surface area contributed by atoms with Gasteiger partial charge in [-0.3, -0.25) is 0 Å². The maximum Gasteiger partial charge on any atom is 0.337 e. The monoisotopic (exact) mass is 331 g/mol. The molecule has 2 aromatic rings. The van der Waals surface area contributed by atoms with Crippen LogP contribution in [0, 0.1) is 5.82 Å². The molecule has 0 aliphatic rings. The molecule has 2 atom stereocenters. The Bertz CT molecular complexity index is 655. The van der Waals surface area contributed by atoms with E-state index in [2.05, 4.69) is 10.1 Å². The summed E-state index contributed by atoms with van der Waals surface area (Å²) < 4.78 is 17.6. The topological polar surface area (TPSA) is 58.6 Å². The largest absolute Gasteiger partial charge is 0.465 e. The van der Waals surface area contributed by atoms with Crippen molar-refractivity contribution >= 4 is 5.97 Å².